The second-order valence-electron chi connectivity index (χ2n) is 8.04. The van der Waals surface area contributed by atoms with E-state index < -0.39 is 5.25 Å². The SMILES string of the molecule is COc1ccc(-c2cc(-c3ccccc3)nc(S[C@H](C)C(=O)Nc3ccc(Br)cc3)c2C#N)cc1OC. The molecule has 0 radical (unpaired) electrons. The molecular weight excluding hydrogens is 550 g/mol. The van der Waals surface area contributed by atoms with Crippen LogP contribution in [0, 0.1) is 11.3 Å². The average molecular weight is 575 g/mol. The number of carbonyl (C=O) groups is 1. The number of thioether (sulfide) groups is 1. The maximum atomic E-state index is 13.0. The predicted molar refractivity (Wildman–Crippen MR) is 151 cm³/mol. The highest BCUT2D eigenvalue weighted by atomic mass is 79.9. The fraction of sp³-hybridized carbons (Fsp3) is 0.138. The zero-order valence-corrected chi connectivity index (χ0v) is 22.9. The summed E-state index contributed by atoms with van der Waals surface area (Å²) >= 11 is 4.65. The van der Waals surface area contributed by atoms with Crippen molar-refractivity contribution in [3.8, 4) is 40.0 Å². The number of pyridine rings is 1. The molecule has 186 valence electrons. The molecule has 1 aromatic heterocycles. The van der Waals surface area contributed by atoms with Crippen molar-refractivity contribution in [2.75, 3.05) is 19.5 Å². The number of anilines is 1. The molecule has 0 fully saturated rings. The van der Waals surface area contributed by atoms with Crippen LogP contribution in [-0.2, 0) is 4.79 Å². The molecule has 0 saturated carbocycles. The van der Waals surface area contributed by atoms with Crippen LogP contribution in [0.2, 0.25) is 0 Å². The summed E-state index contributed by atoms with van der Waals surface area (Å²) in [6.07, 6.45) is 0. The third kappa shape index (κ3) is 6.13. The number of nitriles is 1. The molecule has 0 spiro atoms. The van der Waals surface area contributed by atoms with Crippen LogP contribution < -0.4 is 14.8 Å². The van der Waals surface area contributed by atoms with Gasteiger partial charge in [-0.25, -0.2) is 4.98 Å². The first-order chi connectivity index (χ1) is 17.9. The van der Waals surface area contributed by atoms with E-state index in [2.05, 4.69) is 27.3 Å². The van der Waals surface area contributed by atoms with Crippen molar-refractivity contribution in [1.29, 1.82) is 5.26 Å². The zero-order valence-electron chi connectivity index (χ0n) is 20.5. The summed E-state index contributed by atoms with van der Waals surface area (Å²) in [5.74, 6) is 0.962. The quantitative estimate of drug-likeness (QED) is 0.224. The number of ether oxygens (including phenoxy) is 2. The van der Waals surface area contributed by atoms with Gasteiger partial charge in [0, 0.05) is 21.3 Å². The number of nitrogens with zero attached hydrogens (tertiary/aromatic N) is 2. The van der Waals surface area contributed by atoms with Gasteiger partial charge in [-0.1, -0.05) is 64.1 Å². The monoisotopic (exact) mass is 573 g/mol. The fourth-order valence-electron chi connectivity index (χ4n) is 3.70. The number of methoxy groups -OCH3 is 2. The molecule has 37 heavy (non-hydrogen) atoms. The smallest absolute Gasteiger partial charge is 0.237 e. The molecule has 1 atom stereocenters. The van der Waals surface area contributed by atoms with Crippen molar-refractivity contribution in [3.05, 3.63) is 88.9 Å². The summed E-state index contributed by atoms with van der Waals surface area (Å²) in [6, 6.07) is 26.8. The number of aromatic nitrogens is 1. The highest BCUT2D eigenvalue weighted by Gasteiger charge is 2.22. The molecule has 6 nitrogen and oxygen atoms in total. The highest BCUT2D eigenvalue weighted by molar-refractivity contribution is 9.10. The normalized spacial score (nSPS) is 11.3. The molecule has 0 aliphatic rings. The molecule has 1 amide bonds. The van der Waals surface area contributed by atoms with Crippen molar-refractivity contribution < 1.29 is 14.3 Å². The van der Waals surface area contributed by atoms with Gasteiger partial charge in [0.1, 0.15) is 11.1 Å². The van der Waals surface area contributed by atoms with Crippen LogP contribution in [0.25, 0.3) is 22.4 Å². The van der Waals surface area contributed by atoms with Gasteiger partial charge in [-0.3, -0.25) is 4.79 Å². The van der Waals surface area contributed by atoms with E-state index in [4.69, 9.17) is 14.5 Å². The maximum Gasteiger partial charge on any atom is 0.237 e. The molecule has 4 rings (SSSR count). The first kappa shape index (κ1) is 26.3. The second-order valence-corrected chi connectivity index (χ2v) is 10.3. The Bertz CT molecular complexity index is 1450. The van der Waals surface area contributed by atoms with E-state index in [-0.39, 0.29) is 5.91 Å². The topological polar surface area (TPSA) is 84.2 Å². The average Bonchev–Trinajstić information content (AvgIpc) is 2.93. The van der Waals surface area contributed by atoms with Gasteiger partial charge < -0.3 is 14.8 Å². The third-order valence-corrected chi connectivity index (χ3v) is 7.25. The molecule has 1 N–H and O–H groups in total. The van der Waals surface area contributed by atoms with E-state index in [0.29, 0.717) is 39.0 Å². The molecule has 4 aromatic rings. The molecule has 0 saturated heterocycles. The van der Waals surface area contributed by atoms with Gasteiger partial charge in [-0.15, -0.1) is 0 Å². The van der Waals surface area contributed by atoms with Gasteiger partial charge in [0.15, 0.2) is 11.5 Å². The van der Waals surface area contributed by atoms with Gasteiger partial charge in [0.25, 0.3) is 0 Å². The minimum absolute atomic E-state index is 0.184. The van der Waals surface area contributed by atoms with Crippen LogP contribution in [0.4, 0.5) is 5.69 Å². The van der Waals surface area contributed by atoms with Crippen LogP contribution in [-0.4, -0.2) is 30.4 Å². The number of hydrogen-bond donors (Lipinski definition) is 1. The number of benzene rings is 3. The Balaban J connectivity index is 1.76. The highest BCUT2D eigenvalue weighted by Crippen LogP contribution is 2.39. The van der Waals surface area contributed by atoms with E-state index in [1.54, 1.807) is 27.2 Å². The van der Waals surface area contributed by atoms with Gasteiger partial charge in [-0.2, -0.15) is 5.26 Å². The summed E-state index contributed by atoms with van der Waals surface area (Å²) in [5, 5.41) is 13.1. The van der Waals surface area contributed by atoms with Crippen molar-refractivity contribution in [2.24, 2.45) is 0 Å². The van der Waals surface area contributed by atoms with Crippen molar-refractivity contribution in [1.82, 2.24) is 4.98 Å². The summed E-state index contributed by atoms with van der Waals surface area (Å²) in [6.45, 7) is 1.80. The summed E-state index contributed by atoms with van der Waals surface area (Å²) in [7, 11) is 3.15. The number of amides is 1. The minimum Gasteiger partial charge on any atom is -0.493 e. The van der Waals surface area contributed by atoms with Gasteiger partial charge in [0.2, 0.25) is 5.91 Å². The number of rotatable bonds is 8. The van der Waals surface area contributed by atoms with Crippen LogP contribution in [0.3, 0.4) is 0 Å². The lowest BCUT2D eigenvalue weighted by Gasteiger charge is -2.16. The standard InChI is InChI=1S/C29H24BrN3O3S/c1-18(28(34)32-22-12-10-21(30)11-13-22)37-29-24(17-31)23(16-25(33-29)19-7-5-4-6-8-19)20-9-14-26(35-2)27(15-20)36-3/h4-16,18H,1-3H3,(H,32,34)/t18-/m1/s1. The molecule has 0 unspecified atom stereocenters. The van der Waals surface area contributed by atoms with E-state index >= 15 is 0 Å². The first-order valence-corrected chi connectivity index (χ1v) is 13.1. The fourth-order valence-corrected chi connectivity index (χ4v) is 4.89. The second kappa shape index (κ2) is 12.0. The van der Waals surface area contributed by atoms with Gasteiger partial charge >= 0.3 is 0 Å². The lowest BCUT2D eigenvalue weighted by atomic mass is 9.99. The van der Waals surface area contributed by atoms with Gasteiger partial charge in [0.05, 0.1) is 30.7 Å². The molecule has 0 aliphatic carbocycles. The number of nitrogens with one attached hydrogen (secondary N) is 1. The van der Waals surface area contributed by atoms with E-state index in [9.17, 15) is 10.1 Å². The Morgan fingerprint density at radius 2 is 1.68 bits per heavy atom. The first-order valence-electron chi connectivity index (χ1n) is 11.4. The predicted octanol–water partition coefficient (Wildman–Crippen LogP) is 7.19. The van der Waals surface area contributed by atoms with Crippen LogP contribution in [0.1, 0.15) is 12.5 Å². The lowest BCUT2D eigenvalue weighted by Crippen LogP contribution is -2.22. The Morgan fingerprint density at radius 3 is 2.32 bits per heavy atom. The Hall–Kier alpha value is -3.80. The largest absolute Gasteiger partial charge is 0.493 e. The van der Waals surface area contributed by atoms with Gasteiger partial charge in [-0.05, 0) is 55.0 Å². The van der Waals surface area contributed by atoms with Crippen molar-refractivity contribution in [2.45, 2.75) is 17.2 Å². The Kier molecular flexibility index (Phi) is 8.49. The Labute approximate surface area is 228 Å². The van der Waals surface area contributed by atoms with E-state index in [1.807, 2.05) is 72.8 Å². The molecular formula is C29H24BrN3O3S. The molecule has 0 aliphatic heterocycles. The third-order valence-electron chi connectivity index (χ3n) is 5.63. The van der Waals surface area contributed by atoms with Crippen molar-refractivity contribution >= 4 is 39.3 Å². The Morgan fingerprint density at radius 1 is 0.973 bits per heavy atom. The van der Waals surface area contributed by atoms with Crippen LogP contribution in [0.5, 0.6) is 11.5 Å². The number of halogens is 1. The maximum absolute atomic E-state index is 13.0. The van der Waals surface area contributed by atoms with E-state index in [1.165, 1.54) is 11.8 Å². The van der Waals surface area contributed by atoms with Crippen LogP contribution >= 0.6 is 27.7 Å². The number of hydrogen-bond acceptors (Lipinski definition) is 6. The van der Waals surface area contributed by atoms with E-state index in [0.717, 1.165) is 15.6 Å². The molecule has 3 aromatic carbocycles. The minimum atomic E-state index is -0.507. The molecule has 8 heteroatoms. The summed E-state index contributed by atoms with van der Waals surface area (Å²) < 4.78 is 11.8. The van der Waals surface area contributed by atoms with Crippen LogP contribution in [0.15, 0.2) is 88.4 Å². The van der Waals surface area contributed by atoms with Crippen molar-refractivity contribution in [3.63, 3.8) is 0 Å². The zero-order chi connectivity index (χ0) is 26.4. The lowest BCUT2D eigenvalue weighted by molar-refractivity contribution is -0.115. The summed E-state index contributed by atoms with van der Waals surface area (Å²) in [5.41, 5.74) is 4.16. The number of carbonyl (C=O) groups excluding carboxylic acids is 1. The molecule has 0 bridgehead atoms. The summed E-state index contributed by atoms with van der Waals surface area (Å²) in [4.78, 5) is 17.8. The molecule has 1 heterocycles.